The average Bonchev–Trinajstić information content (AvgIpc) is 2.88. The Bertz CT molecular complexity index is 1060. The molecule has 3 rings (SSSR count). The summed E-state index contributed by atoms with van der Waals surface area (Å²) in [6, 6.07) is 12.3. The summed E-state index contributed by atoms with van der Waals surface area (Å²) in [7, 11) is 1.48. The van der Waals surface area contributed by atoms with Crippen LogP contribution in [0, 0.1) is 0 Å². The first-order valence-electron chi connectivity index (χ1n) is 9.88. The van der Waals surface area contributed by atoms with Crippen molar-refractivity contribution in [1.29, 1.82) is 0 Å². The zero-order chi connectivity index (χ0) is 24.3. The number of fused-ring (bicyclic) bond motifs is 3. The lowest BCUT2D eigenvalue weighted by atomic mass is 9.95. The highest BCUT2D eigenvalue weighted by molar-refractivity contribution is 6.08. The number of carbonyl (C=O) groups excluding carboxylic acids is 3. The molecule has 2 atom stereocenters. The monoisotopic (exact) mass is 469 g/mol. The molecule has 11 heteroatoms. The van der Waals surface area contributed by atoms with Gasteiger partial charge in [0.05, 0.1) is 5.69 Å². The molecule has 3 amide bonds. The molecule has 0 aliphatic carbocycles. The van der Waals surface area contributed by atoms with Gasteiger partial charge in [0.25, 0.3) is 23.9 Å². The van der Waals surface area contributed by atoms with Crippen LogP contribution in [-0.4, -0.2) is 49.8 Å². The summed E-state index contributed by atoms with van der Waals surface area (Å²) >= 11 is 0. The molecular weight excluding hydrogens is 449 g/mol. The standard InChI is InChI=1S/C22H20F5N3O3/c1-30-15-9-5-4-7-13(15)12-6-2-3-8-14(12)17(20(30)33)29-19(32)16(23)18(31)28-11-10-22(26,27)21(24)25/h2-9,16-17,21H,10-11H2,1H3,(H,28,31)(H,29,32). The summed E-state index contributed by atoms with van der Waals surface area (Å²) in [5.74, 6) is -8.01. The normalized spacial score (nSPS) is 16.5. The fourth-order valence-corrected chi connectivity index (χ4v) is 3.46. The van der Waals surface area contributed by atoms with Gasteiger partial charge >= 0.3 is 12.3 Å². The number of amides is 3. The second kappa shape index (κ2) is 9.55. The van der Waals surface area contributed by atoms with Crippen LogP contribution in [0.4, 0.5) is 27.6 Å². The maximum absolute atomic E-state index is 14.4. The van der Waals surface area contributed by atoms with Gasteiger partial charge in [-0.3, -0.25) is 14.4 Å². The molecule has 0 fully saturated rings. The number of para-hydroxylation sites is 1. The molecule has 2 N–H and O–H groups in total. The highest BCUT2D eigenvalue weighted by atomic mass is 19.3. The molecule has 176 valence electrons. The van der Waals surface area contributed by atoms with Gasteiger partial charge in [-0.1, -0.05) is 42.5 Å². The van der Waals surface area contributed by atoms with Gasteiger partial charge in [0.2, 0.25) is 0 Å². The summed E-state index contributed by atoms with van der Waals surface area (Å²) in [5.41, 5.74) is 2.25. The van der Waals surface area contributed by atoms with Gasteiger partial charge in [-0.15, -0.1) is 0 Å². The Morgan fingerprint density at radius 3 is 2.27 bits per heavy atom. The number of carbonyl (C=O) groups is 3. The van der Waals surface area contributed by atoms with E-state index in [0.717, 1.165) is 0 Å². The van der Waals surface area contributed by atoms with Crippen molar-refractivity contribution in [3.63, 3.8) is 0 Å². The zero-order valence-corrected chi connectivity index (χ0v) is 17.3. The van der Waals surface area contributed by atoms with Crippen molar-refractivity contribution in [3.8, 4) is 11.1 Å². The van der Waals surface area contributed by atoms with Crippen LogP contribution in [0.15, 0.2) is 48.5 Å². The van der Waals surface area contributed by atoms with Crippen LogP contribution in [0.25, 0.3) is 11.1 Å². The Balaban J connectivity index is 1.76. The molecule has 1 heterocycles. The number of likely N-dealkylation sites (N-methyl/N-ethyl adjacent to an activating group) is 1. The smallest absolute Gasteiger partial charge is 0.309 e. The van der Waals surface area contributed by atoms with Crippen LogP contribution in [0.1, 0.15) is 18.0 Å². The number of nitrogens with one attached hydrogen (secondary N) is 2. The first-order chi connectivity index (χ1) is 15.5. The van der Waals surface area contributed by atoms with Crippen LogP contribution in [0.2, 0.25) is 0 Å². The minimum Gasteiger partial charge on any atom is -0.353 e. The second-order valence-corrected chi connectivity index (χ2v) is 7.41. The van der Waals surface area contributed by atoms with Crippen molar-refractivity contribution in [2.45, 2.75) is 31.0 Å². The summed E-state index contributed by atoms with van der Waals surface area (Å²) in [4.78, 5) is 38.6. The van der Waals surface area contributed by atoms with E-state index in [-0.39, 0.29) is 0 Å². The third kappa shape index (κ3) is 4.96. The van der Waals surface area contributed by atoms with Gasteiger partial charge in [0.15, 0.2) is 0 Å². The molecule has 1 aliphatic rings. The molecular formula is C22H20F5N3O3. The summed E-state index contributed by atoms with van der Waals surface area (Å²) in [5, 5.41) is 3.90. The van der Waals surface area contributed by atoms with Crippen LogP contribution in [-0.2, 0) is 14.4 Å². The minimum absolute atomic E-state index is 0.372. The Labute approximate surface area is 185 Å². The van der Waals surface area contributed by atoms with Crippen molar-refractivity contribution in [3.05, 3.63) is 54.1 Å². The fraction of sp³-hybridized carbons (Fsp3) is 0.318. The lowest BCUT2D eigenvalue weighted by Gasteiger charge is -2.23. The molecule has 0 saturated carbocycles. The topological polar surface area (TPSA) is 78.5 Å². The summed E-state index contributed by atoms with van der Waals surface area (Å²) in [6.07, 6.45) is -8.22. The quantitative estimate of drug-likeness (QED) is 0.483. The van der Waals surface area contributed by atoms with Crippen molar-refractivity contribution >= 4 is 23.4 Å². The average molecular weight is 469 g/mol. The molecule has 2 unspecified atom stereocenters. The highest BCUT2D eigenvalue weighted by Gasteiger charge is 2.41. The van der Waals surface area contributed by atoms with E-state index in [2.05, 4.69) is 5.32 Å². The van der Waals surface area contributed by atoms with Crippen LogP contribution < -0.4 is 15.5 Å². The molecule has 0 saturated heterocycles. The van der Waals surface area contributed by atoms with E-state index in [4.69, 9.17) is 0 Å². The lowest BCUT2D eigenvalue weighted by molar-refractivity contribution is -0.140. The van der Waals surface area contributed by atoms with Crippen LogP contribution in [0.5, 0.6) is 0 Å². The van der Waals surface area contributed by atoms with Gasteiger partial charge in [-0.25, -0.2) is 22.0 Å². The van der Waals surface area contributed by atoms with Gasteiger partial charge < -0.3 is 15.5 Å². The molecule has 0 aromatic heterocycles. The number of alkyl halides is 5. The second-order valence-electron chi connectivity index (χ2n) is 7.41. The van der Waals surface area contributed by atoms with Crippen molar-refractivity contribution in [2.24, 2.45) is 0 Å². The first-order valence-corrected chi connectivity index (χ1v) is 9.88. The molecule has 0 radical (unpaired) electrons. The Kier molecular flexibility index (Phi) is 6.99. The number of nitrogens with zero attached hydrogens (tertiary/aromatic N) is 1. The number of hydrogen-bond acceptors (Lipinski definition) is 3. The van der Waals surface area contributed by atoms with Gasteiger partial charge in [-0.2, -0.15) is 0 Å². The molecule has 33 heavy (non-hydrogen) atoms. The molecule has 2 aromatic carbocycles. The maximum atomic E-state index is 14.4. The van der Waals surface area contributed by atoms with Gasteiger partial charge in [0, 0.05) is 25.6 Å². The minimum atomic E-state index is -4.36. The Hall–Kier alpha value is -3.50. The number of rotatable bonds is 7. The van der Waals surface area contributed by atoms with E-state index in [1.807, 2.05) is 0 Å². The van der Waals surface area contributed by atoms with Crippen molar-refractivity contribution < 1.29 is 36.3 Å². The molecule has 0 spiro atoms. The van der Waals surface area contributed by atoms with Crippen molar-refractivity contribution in [2.75, 3.05) is 18.5 Å². The van der Waals surface area contributed by atoms with Gasteiger partial charge in [-0.05, 0) is 17.2 Å². The third-order valence-electron chi connectivity index (χ3n) is 5.23. The summed E-state index contributed by atoms with van der Waals surface area (Å²) < 4.78 is 64.6. The van der Waals surface area contributed by atoms with E-state index in [1.54, 1.807) is 53.8 Å². The number of halogens is 5. The van der Waals surface area contributed by atoms with E-state index in [9.17, 15) is 36.3 Å². The van der Waals surface area contributed by atoms with Crippen LogP contribution >= 0.6 is 0 Å². The number of hydrogen-bond donors (Lipinski definition) is 2. The van der Waals surface area contributed by atoms with E-state index in [0.29, 0.717) is 22.4 Å². The Morgan fingerprint density at radius 2 is 1.61 bits per heavy atom. The molecule has 0 bridgehead atoms. The first kappa shape index (κ1) is 24.1. The number of benzene rings is 2. The molecule has 6 nitrogen and oxygen atoms in total. The van der Waals surface area contributed by atoms with E-state index >= 15 is 0 Å². The third-order valence-corrected chi connectivity index (χ3v) is 5.23. The zero-order valence-electron chi connectivity index (χ0n) is 17.3. The summed E-state index contributed by atoms with van der Waals surface area (Å²) in [6.45, 7) is -0.965. The van der Waals surface area contributed by atoms with Crippen molar-refractivity contribution in [1.82, 2.24) is 10.6 Å². The lowest BCUT2D eigenvalue weighted by Crippen LogP contribution is -2.48. The largest absolute Gasteiger partial charge is 0.353 e. The van der Waals surface area contributed by atoms with Crippen LogP contribution in [0.3, 0.4) is 0 Å². The maximum Gasteiger partial charge on any atom is 0.309 e. The SMILES string of the molecule is CN1C(=O)C(NC(=O)C(F)C(=O)NCCC(F)(F)C(F)F)c2ccccc2-c2ccccc21. The predicted molar refractivity (Wildman–Crippen MR) is 110 cm³/mol. The van der Waals surface area contributed by atoms with Gasteiger partial charge in [0.1, 0.15) is 6.04 Å². The predicted octanol–water partition coefficient (Wildman–Crippen LogP) is 3.23. The molecule has 1 aliphatic heterocycles. The van der Waals surface area contributed by atoms with E-state index in [1.165, 1.54) is 11.9 Å². The molecule has 2 aromatic rings. The number of anilines is 1. The Morgan fingerprint density at radius 1 is 1.00 bits per heavy atom. The highest BCUT2D eigenvalue weighted by Crippen LogP contribution is 2.39. The fourth-order valence-electron chi connectivity index (χ4n) is 3.46. The van der Waals surface area contributed by atoms with E-state index < -0.39 is 55.2 Å².